The van der Waals surface area contributed by atoms with Gasteiger partial charge in [-0.15, -0.1) is 0 Å². The first-order chi connectivity index (χ1) is 9.54. The van der Waals surface area contributed by atoms with Crippen molar-refractivity contribution >= 4 is 15.9 Å². The van der Waals surface area contributed by atoms with Gasteiger partial charge in [0.05, 0.1) is 12.3 Å². The highest BCUT2D eigenvalue weighted by atomic mass is 79.9. The van der Waals surface area contributed by atoms with Gasteiger partial charge in [0.2, 0.25) is 0 Å². The van der Waals surface area contributed by atoms with Crippen LogP contribution in [0.5, 0.6) is 0 Å². The van der Waals surface area contributed by atoms with Crippen LogP contribution in [0.4, 0.5) is 0 Å². The molecule has 0 amide bonds. The van der Waals surface area contributed by atoms with Crippen molar-refractivity contribution in [1.29, 1.82) is 0 Å². The highest BCUT2D eigenvalue weighted by molar-refractivity contribution is 9.10. The number of halogens is 1. The van der Waals surface area contributed by atoms with Gasteiger partial charge in [0.15, 0.2) is 0 Å². The summed E-state index contributed by atoms with van der Waals surface area (Å²) in [6, 6.07) is 7.82. The minimum atomic E-state index is -0.417. The molecule has 0 aliphatic heterocycles. The van der Waals surface area contributed by atoms with Gasteiger partial charge in [0, 0.05) is 36.4 Å². The van der Waals surface area contributed by atoms with E-state index in [2.05, 4.69) is 33.0 Å². The summed E-state index contributed by atoms with van der Waals surface area (Å²) in [6.07, 6.45) is 4.20. The van der Waals surface area contributed by atoms with E-state index in [9.17, 15) is 5.11 Å². The lowest BCUT2D eigenvalue weighted by molar-refractivity contribution is 0.147. The Labute approximate surface area is 128 Å². The van der Waals surface area contributed by atoms with E-state index in [1.54, 1.807) is 4.68 Å². The maximum absolute atomic E-state index is 10.2. The number of hydrogen-bond acceptors (Lipinski definition) is 3. The molecular weight excluding hydrogens is 318 g/mol. The van der Waals surface area contributed by atoms with Gasteiger partial charge in [0.25, 0.3) is 0 Å². The predicted octanol–water partition coefficient (Wildman–Crippen LogP) is 2.74. The third-order valence-electron chi connectivity index (χ3n) is 3.25. The Balaban J connectivity index is 1.80. The molecule has 5 heteroatoms. The predicted molar refractivity (Wildman–Crippen MR) is 83.3 cm³/mol. The average Bonchev–Trinajstić information content (AvgIpc) is 2.82. The van der Waals surface area contributed by atoms with Crippen molar-refractivity contribution in [2.24, 2.45) is 7.05 Å². The standard InChI is InChI=1S/C15H20BrN3O/c1-18(10-12-9-17-19(2)11-12)8-7-15(20)13-3-5-14(16)6-4-13/h3-6,9,11,15,20H,7-8,10H2,1-2H3. The van der Waals surface area contributed by atoms with Crippen molar-refractivity contribution in [1.82, 2.24) is 14.7 Å². The van der Waals surface area contributed by atoms with E-state index >= 15 is 0 Å². The number of hydrogen-bond donors (Lipinski definition) is 1. The largest absolute Gasteiger partial charge is 0.388 e. The molecule has 0 fully saturated rings. The first-order valence-corrected chi connectivity index (χ1v) is 7.43. The fraction of sp³-hybridized carbons (Fsp3) is 0.400. The Hall–Kier alpha value is -1.17. The topological polar surface area (TPSA) is 41.3 Å². The first-order valence-electron chi connectivity index (χ1n) is 6.64. The zero-order valence-corrected chi connectivity index (χ0v) is 13.4. The highest BCUT2D eigenvalue weighted by Crippen LogP contribution is 2.19. The Kier molecular flexibility index (Phi) is 5.34. The second kappa shape index (κ2) is 7.02. The van der Waals surface area contributed by atoms with E-state index in [1.165, 1.54) is 5.56 Å². The van der Waals surface area contributed by atoms with Crippen LogP contribution in [0.25, 0.3) is 0 Å². The van der Waals surface area contributed by atoms with Gasteiger partial charge in [-0.3, -0.25) is 4.68 Å². The number of aliphatic hydroxyl groups is 1. The van der Waals surface area contributed by atoms with Gasteiger partial charge >= 0.3 is 0 Å². The maximum Gasteiger partial charge on any atom is 0.0802 e. The van der Waals surface area contributed by atoms with Gasteiger partial charge in [-0.05, 0) is 31.2 Å². The Morgan fingerprint density at radius 1 is 1.35 bits per heavy atom. The monoisotopic (exact) mass is 337 g/mol. The van der Waals surface area contributed by atoms with E-state index in [4.69, 9.17) is 0 Å². The van der Waals surface area contributed by atoms with Crippen LogP contribution in [0, 0.1) is 0 Å². The van der Waals surface area contributed by atoms with Crippen LogP contribution in [-0.2, 0) is 13.6 Å². The van der Waals surface area contributed by atoms with Crippen molar-refractivity contribution in [3.63, 3.8) is 0 Å². The SMILES string of the molecule is CN(CCC(O)c1ccc(Br)cc1)Cc1cnn(C)c1. The van der Waals surface area contributed by atoms with Crippen LogP contribution in [0.2, 0.25) is 0 Å². The number of benzene rings is 1. The molecule has 1 aromatic carbocycles. The molecule has 2 aromatic rings. The lowest BCUT2D eigenvalue weighted by atomic mass is 10.1. The number of nitrogens with zero attached hydrogens (tertiary/aromatic N) is 3. The summed E-state index contributed by atoms with van der Waals surface area (Å²) in [6.45, 7) is 1.69. The van der Waals surface area contributed by atoms with E-state index in [0.717, 1.165) is 29.5 Å². The summed E-state index contributed by atoms with van der Waals surface area (Å²) in [5.74, 6) is 0. The van der Waals surface area contributed by atoms with Gasteiger partial charge in [0.1, 0.15) is 0 Å². The van der Waals surface area contributed by atoms with E-state index in [0.29, 0.717) is 0 Å². The number of aliphatic hydroxyl groups excluding tert-OH is 1. The van der Waals surface area contributed by atoms with Gasteiger partial charge < -0.3 is 10.0 Å². The summed E-state index contributed by atoms with van der Waals surface area (Å²) in [7, 11) is 3.97. The molecule has 0 spiro atoms. The van der Waals surface area contributed by atoms with Crippen LogP contribution in [0.3, 0.4) is 0 Å². The fourth-order valence-electron chi connectivity index (χ4n) is 2.14. The molecule has 0 saturated carbocycles. The summed E-state index contributed by atoms with van der Waals surface area (Å²) in [5.41, 5.74) is 2.15. The quantitative estimate of drug-likeness (QED) is 0.881. The smallest absolute Gasteiger partial charge is 0.0802 e. The molecule has 4 nitrogen and oxygen atoms in total. The second-order valence-electron chi connectivity index (χ2n) is 5.12. The Morgan fingerprint density at radius 3 is 2.65 bits per heavy atom. The molecule has 1 heterocycles. The molecule has 20 heavy (non-hydrogen) atoms. The van der Waals surface area contributed by atoms with Gasteiger partial charge in [-0.25, -0.2) is 0 Å². The molecule has 2 rings (SSSR count). The van der Waals surface area contributed by atoms with E-state index in [-0.39, 0.29) is 0 Å². The Bertz CT molecular complexity index is 538. The van der Waals surface area contributed by atoms with Crippen molar-refractivity contribution in [3.05, 3.63) is 52.3 Å². The first kappa shape index (κ1) is 15.2. The second-order valence-corrected chi connectivity index (χ2v) is 6.03. The molecule has 0 radical (unpaired) electrons. The van der Waals surface area contributed by atoms with Gasteiger partial charge in [-0.1, -0.05) is 28.1 Å². The van der Waals surface area contributed by atoms with Crippen molar-refractivity contribution in [3.8, 4) is 0 Å². The van der Waals surface area contributed by atoms with Crippen LogP contribution in [-0.4, -0.2) is 33.4 Å². The van der Waals surface area contributed by atoms with Gasteiger partial charge in [-0.2, -0.15) is 5.10 Å². The van der Waals surface area contributed by atoms with Crippen molar-refractivity contribution < 1.29 is 5.11 Å². The van der Waals surface area contributed by atoms with Crippen LogP contribution < -0.4 is 0 Å². The molecule has 0 bridgehead atoms. The molecule has 1 unspecified atom stereocenters. The van der Waals surface area contributed by atoms with E-state index < -0.39 is 6.10 Å². The lowest BCUT2D eigenvalue weighted by Gasteiger charge is -2.18. The number of aromatic nitrogens is 2. The number of aryl methyl sites for hydroxylation is 1. The van der Waals surface area contributed by atoms with Crippen LogP contribution in [0.15, 0.2) is 41.1 Å². The molecule has 108 valence electrons. The zero-order chi connectivity index (χ0) is 14.5. The lowest BCUT2D eigenvalue weighted by Crippen LogP contribution is -2.20. The third-order valence-corrected chi connectivity index (χ3v) is 3.78. The maximum atomic E-state index is 10.2. The number of rotatable bonds is 6. The highest BCUT2D eigenvalue weighted by Gasteiger charge is 2.09. The molecule has 1 atom stereocenters. The van der Waals surface area contributed by atoms with E-state index in [1.807, 2.05) is 43.7 Å². The molecule has 0 aliphatic carbocycles. The molecule has 1 N–H and O–H groups in total. The summed E-state index contributed by atoms with van der Waals surface area (Å²) >= 11 is 3.40. The summed E-state index contributed by atoms with van der Waals surface area (Å²) in [5, 5.41) is 14.3. The Morgan fingerprint density at radius 2 is 2.05 bits per heavy atom. The minimum absolute atomic E-state index is 0.417. The third kappa shape index (κ3) is 4.44. The normalized spacial score (nSPS) is 12.8. The zero-order valence-electron chi connectivity index (χ0n) is 11.8. The van der Waals surface area contributed by atoms with Crippen LogP contribution in [0.1, 0.15) is 23.7 Å². The van der Waals surface area contributed by atoms with Crippen LogP contribution >= 0.6 is 15.9 Å². The molecule has 0 aliphatic rings. The average molecular weight is 338 g/mol. The van der Waals surface area contributed by atoms with Crippen molar-refractivity contribution in [2.45, 2.75) is 19.1 Å². The summed E-state index contributed by atoms with van der Waals surface area (Å²) in [4.78, 5) is 2.19. The molecule has 0 saturated heterocycles. The molecular formula is C15H20BrN3O. The fourth-order valence-corrected chi connectivity index (χ4v) is 2.40. The van der Waals surface area contributed by atoms with Crippen molar-refractivity contribution in [2.75, 3.05) is 13.6 Å². The molecule has 1 aromatic heterocycles. The minimum Gasteiger partial charge on any atom is -0.388 e. The summed E-state index contributed by atoms with van der Waals surface area (Å²) < 4.78 is 2.84.